The lowest BCUT2D eigenvalue weighted by Crippen LogP contribution is -2.56. The Morgan fingerprint density at radius 3 is 2.88 bits per heavy atom. The van der Waals surface area contributed by atoms with E-state index < -0.39 is 6.04 Å². The summed E-state index contributed by atoms with van der Waals surface area (Å²) in [4.78, 5) is 26.4. The fourth-order valence-corrected chi connectivity index (χ4v) is 2.79. The topological polar surface area (TPSA) is 70.7 Å². The SMILES string of the molecule is COc1ccccc1CN1CCNC(=O)[C@@H]1CC(=O)NCC(C)C. The number of benzene rings is 1. The number of carbonyl (C=O) groups excluding carboxylic acids is 2. The first-order chi connectivity index (χ1) is 11.5. The van der Waals surface area contributed by atoms with Crippen LogP contribution in [0.15, 0.2) is 24.3 Å². The number of hydrogen-bond acceptors (Lipinski definition) is 4. The van der Waals surface area contributed by atoms with Crippen molar-refractivity contribution < 1.29 is 14.3 Å². The van der Waals surface area contributed by atoms with Gasteiger partial charge in [0.25, 0.3) is 0 Å². The number of ether oxygens (including phenoxy) is 1. The second-order valence-corrected chi connectivity index (χ2v) is 6.49. The highest BCUT2D eigenvalue weighted by Gasteiger charge is 2.31. The highest BCUT2D eigenvalue weighted by molar-refractivity contribution is 5.88. The number of nitrogens with zero attached hydrogens (tertiary/aromatic N) is 1. The normalized spacial score (nSPS) is 18.3. The zero-order valence-electron chi connectivity index (χ0n) is 14.7. The molecule has 0 bridgehead atoms. The first-order valence-corrected chi connectivity index (χ1v) is 8.41. The van der Waals surface area contributed by atoms with Crippen LogP contribution >= 0.6 is 0 Å². The van der Waals surface area contributed by atoms with E-state index in [-0.39, 0.29) is 18.2 Å². The van der Waals surface area contributed by atoms with Gasteiger partial charge in [-0.25, -0.2) is 0 Å². The molecule has 1 fully saturated rings. The summed E-state index contributed by atoms with van der Waals surface area (Å²) >= 11 is 0. The Labute approximate surface area is 143 Å². The van der Waals surface area contributed by atoms with E-state index in [2.05, 4.69) is 10.6 Å². The molecule has 2 N–H and O–H groups in total. The molecular weight excluding hydrogens is 306 g/mol. The molecule has 1 saturated heterocycles. The molecule has 1 aliphatic heterocycles. The number of rotatable bonds is 7. The van der Waals surface area contributed by atoms with E-state index in [9.17, 15) is 9.59 Å². The van der Waals surface area contributed by atoms with Gasteiger partial charge in [0.2, 0.25) is 11.8 Å². The lowest BCUT2D eigenvalue weighted by molar-refractivity contribution is -0.134. The lowest BCUT2D eigenvalue weighted by Gasteiger charge is -2.35. The van der Waals surface area contributed by atoms with Crippen LogP contribution in [-0.2, 0) is 16.1 Å². The molecule has 1 aromatic rings. The molecule has 0 saturated carbocycles. The molecule has 0 aromatic heterocycles. The Bertz CT molecular complexity index is 574. The summed E-state index contributed by atoms with van der Waals surface area (Å²) < 4.78 is 5.39. The van der Waals surface area contributed by atoms with Gasteiger partial charge in [-0.3, -0.25) is 14.5 Å². The van der Waals surface area contributed by atoms with Crippen LogP contribution in [0.1, 0.15) is 25.8 Å². The van der Waals surface area contributed by atoms with Crippen molar-refractivity contribution in [1.29, 1.82) is 0 Å². The summed E-state index contributed by atoms with van der Waals surface area (Å²) in [5.41, 5.74) is 1.02. The van der Waals surface area contributed by atoms with Crippen molar-refractivity contribution in [3.05, 3.63) is 29.8 Å². The number of hydrogen-bond donors (Lipinski definition) is 2. The first kappa shape index (κ1) is 18.3. The summed E-state index contributed by atoms with van der Waals surface area (Å²) in [6.45, 7) is 6.60. The maximum Gasteiger partial charge on any atom is 0.237 e. The number of carbonyl (C=O) groups is 2. The molecule has 0 radical (unpaired) electrons. The number of nitrogens with one attached hydrogen (secondary N) is 2. The predicted molar refractivity (Wildman–Crippen MR) is 92.7 cm³/mol. The zero-order valence-corrected chi connectivity index (χ0v) is 14.7. The van der Waals surface area contributed by atoms with Crippen LogP contribution in [0.4, 0.5) is 0 Å². The maximum absolute atomic E-state index is 12.3. The molecule has 2 rings (SSSR count). The van der Waals surface area contributed by atoms with Gasteiger partial charge in [0, 0.05) is 31.7 Å². The summed E-state index contributed by atoms with van der Waals surface area (Å²) in [7, 11) is 1.64. The molecule has 0 aliphatic carbocycles. The van der Waals surface area contributed by atoms with E-state index in [0.29, 0.717) is 32.1 Å². The Morgan fingerprint density at radius 2 is 2.17 bits per heavy atom. The second kappa shape index (κ2) is 8.68. The zero-order chi connectivity index (χ0) is 17.5. The molecule has 24 heavy (non-hydrogen) atoms. The van der Waals surface area contributed by atoms with E-state index in [4.69, 9.17) is 4.74 Å². The Balaban J connectivity index is 2.05. The van der Waals surface area contributed by atoms with Crippen LogP contribution in [-0.4, -0.2) is 49.5 Å². The van der Waals surface area contributed by atoms with Gasteiger partial charge >= 0.3 is 0 Å². The van der Waals surface area contributed by atoms with Gasteiger partial charge in [-0.2, -0.15) is 0 Å². The Morgan fingerprint density at radius 1 is 1.42 bits per heavy atom. The van der Waals surface area contributed by atoms with Gasteiger partial charge in [0.1, 0.15) is 5.75 Å². The minimum Gasteiger partial charge on any atom is -0.496 e. The van der Waals surface area contributed by atoms with Gasteiger partial charge in [-0.15, -0.1) is 0 Å². The van der Waals surface area contributed by atoms with Crippen molar-refractivity contribution in [3.8, 4) is 5.75 Å². The number of para-hydroxylation sites is 1. The Kier molecular flexibility index (Phi) is 6.61. The highest BCUT2D eigenvalue weighted by atomic mass is 16.5. The fourth-order valence-electron chi connectivity index (χ4n) is 2.79. The summed E-state index contributed by atoms with van der Waals surface area (Å²) in [6, 6.07) is 7.31. The minimum atomic E-state index is -0.448. The van der Waals surface area contributed by atoms with Crippen molar-refractivity contribution in [2.45, 2.75) is 32.9 Å². The largest absolute Gasteiger partial charge is 0.496 e. The second-order valence-electron chi connectivity index (χ2n) is 6.49. The fraction of sp³-hybridized carbons (Fsp3) is 0.556. The van der Waals surface area contributed by atoms with Crippen LogP contribution in [0, 0.1) is 5.92 Å². The van der Waals surface area contributed by atoms with Gasteiger partial charge < -0.3 is 15.4 Å². The summed E-state index contributed by atoms with van der Waals surface area (Å²) in [6.07, 6.45) is 0.174. The van der Waals surface area contributed by atoms with Crippen LogP contribution in [0.2, 0.25) is 0 Å². The van der Waals surface area contributed by atoms with Crippen LogP contribution in [0.3, 0.4) is 0 Å². The quantitative estimate of drug-likeness (QED) is 0.785. The van der Waals surface area contributed by atoms with Crippen molar-refractivity contribution in [3.63, 3.8) is 0 Å². The minimum absolute atomic E-state index is 0.0872. The Hall–Kier alpha value is -2.08. The molecule has 1 atom stereocenters. The third-order valence-electron chi connectivity index (χ3n) is 4.09. The molecule has 1 heterocycles. The van der Waals surface area contributed by atoms with E-state index in [1.165, 1.54) is 0 Å². The van der Waals surface area contributed by atoms with E-state index in [1.807, 2.05) is 43.0 Å². The van der Waals surface area contributed by atoms with Gasteiger partial charge in [-0.1, -0.05) is 32.0 Å². The van der Waals surface area contributed by atoms with Crippen molar-refractivity contribution in [2.75, 3.05) is 26.7 Å². The highest BCUT2D eigenvalue weighted by Crippen LogP contribution is 2.21. The third-order valence-corrected chi connectivity index (χ3v) is 4.09. The number of amides is 2. The molecular formula is C18H27N3O3. The summed E-state index contributed by atoms with van der Waals surface area (Å²) in [5, 5.41) is 5.74. The average molecular weight is 333 g/mol. The standard InChI is InChI=1S/C18H27N3O3/c1-13(2)11-20-17(22)10-15-18(23)19-8-9-21(15)12-14-6-4-5-7-16(14)24-3/h4-7,13,15H,8-12H2,1-3H3,(H,19,23)(H,20,22)/t15-/m0/s1. The number of piperazine rings is 1. The molecule has 6 nitrogen and oxygen atoms in total. The van der Waals surface area contributed by atoms with Gasteiger partial charge in [0.15, 0.2) is 0 Å². The van der Waals surface area contributed by atoms with Crippen LogP contribution in [0.5, 0.6) is 5.75 Å². The van der Waals surface area contributed by atoms with Crippen LogP contribution < -0.4 is 15.4 Å². The average Bonchev–Trinajstić information content (AvgIpc) is 2.56. The van der Waals surface area contributed by atoms with E-state index >= 15 is 0 Å². The van der Waals surface area contributed by atoms with Crippen molar-refractivity contribution in [2.24, 2.45) is 5.92 Å². The van der Waals surface area contributed by atoms with Crippen molar-refractivity contribution in [1.82, 2.24) is 15.5 Å². The number of methoxy groups -OCH3 is 1. The van der Waals surface area contributed by atoms with Gasteiger partial charge in [0.05, 0.1) is 19.6 Å². The molecule has 1 aliphatic rings. The smallest absolute Gasteiger partial charge is 0.237 e. The summed E-state index contributed by atoms with van der Waals surface area (Å²) in [5.74, 6) is 1.01. The van der Waals surface area contributed by atoms with Crippen LogP contribution in [0.25, 0.3) is 0 Å². The molecule has 132 valence electrons. The molecule has 1 aromatic carbocycles. The first-order valence-electron chi connectivity index (χ1n) is 8.41. The third kappa shape index (κ3) is 4.96. The van der Waals surface area contributed by atoms with E-state index in [1.54, 1.807) is 7.11 Å². The molecule has 2 amide bonds. The van der Waals surface area contributed by atoms with Crippen molar-refractivity contribution >= 4 is 11.8 Å². The maximum atomic E-state index is 12.3. The molecule has 6 heteroatoms. The monoisotopic (exact) mass is 333 g/mol. The lowest BCUT2D eigenvalue weighted by atomic mass is 10.1. The van der Waals surface area contributed by atoms with E-state index in [0.717, 1.165) is 11.3 Å². The van der Waals surface area contributed by atoms with Gasteiger partial charge in [-0.05, 0) is 12.0 Å². The molecule has 0 unspecified atom stereocenters. The molecule has 0 spiro atoms. The predicted octanol–water partition coefficient (Wildman–Crippen LogP) is 1.16.